The van der Waals surface area contributed by atoms with E-state index < -0.39 is 43.1 Å². The van der Waals surface area contributed by atoms with Crippen LogP contribution in [-0.4, -0.2) is 61.6 Å². The van der Waals surface area contributed by atoms with E-state index in [4.69, 9.17) is 10.00 Å². The second kappa shape index (κ2) is 11.2. The molecule has 0 bridgehead atoms. The summed E-state index contributed by atoms with van der Waals surface area (Å²) in [5.41, 5.74) is 0.752. The fourth-order valence-corrected chi connectivity index (χ4v) is 3.44. The maximum absolute atomic E-state index is 12.6. The summed E-state index contributed by atoms with van der Waals surface area (Å²) in [6.07, 6.45) is -1.15. The average molecular weight is 473 g/mol. The molecule has 1 fully saturated rings. The van der Waals surface area contributed by atoms with E-state index in [1.54, 1.807) is 36.4 Å². The van der Waals surface area contributed by atoms with Gasteiger partial charge in [0.05, 0.1) is 31.4 Å². The summed E-state index contributed by atoms with van der Waals surface area (Å²) in [4.78, 5) is 38.0. The van der Waals surface area contributed by atoms with Gasteiger partial charge in [-0.2, -0.15) is 14.0 Å². The van der Waals surface area contributed by atoms with Crippen LogP contribution in [0.5, 0.6) is 11.5 Å². The zero-order chi connectivity index (χ0) is 24.7. The van der Waals surface area contributed by atoms with Gasteiger partial charge in [-0.1, -0.05) is 0 Å². The molecule has 1 heterocycles. The van der Waals surface area contributed by atoms with Crippen LogP contribution in [0.2, 0.25) is 0 Å². The molecule has 2 atom stereocenters. The molecule has 0 spiro atoms. The summed E-state index contributed by atoms with van der Waals surface area (Å²) < 4.78 is 39.8. The molecule has 9 nitrogen and oxygen atoms in total. The molecule has 2 amide bonds. The standard InChI is InChI=1S/C23H21F2N3O6/c1-32-22(31)19-10-18(34-23(24)25)13-28(19)20(29)12-27-21(30)15-4-8-17(9-5-15)33-16-6-2-14(11-26)3-7-16/h2-9,18-19,23H,10,12-13H2,1H3,(H,27,30)/t18-,19+/m1/s1. The van der Waals surface area contributed by atoms with Crippen LogP contribution >= 0.6 is 0 Å². The van der Waals surface area contributed by atoms with E-state index in [1.165, 1.54) is 12.1 Å². The lowest BCUT2D eigenvalue weighted by atomic mass is 10.2. The highest BCUT2D eigenvalue weighted by atomic mass is 19.3. The zero-order valence-electron chi connectivity index (χ0n) is 18.1. The number of hydrogen-bond donors (Lipinski definition) is 1. The molecule has 34 heavy (non-hydrogen) atoms. The molecule has 3 rings (SSSR count). The topological polar surface area (TPSA) is 118 Å². The van der Waals surface area contributed by atoms with E-state index in [0.29, 0.717) is 17.1 Å². The number of carbonyl (C=O) groups excluding carboxylic acids is 3. The number of carbonyl (C=O) groups is 3. The van der Waals surface area contributed by atoms with Crippen molar-refractivity contribution in [1.29, 1.82) is 5.26 Å². The van der Waals surface area contributed by atoms with Crippen molar-refractivity contribution < 1.29 is 37.4 Å². The summed E-state index contributed by atoms with van der Waals surface area (Å²) in [7, 11) is 1.13. The smallest absolute Gasteiger partial charge is 0.345 e. The van der Waals surface area contributed by atoms with E-state index in [0.717, 1.165) is 12.0 Å². The molecule has 178 valence electrons. The molecule has 1 aliphatic heterocycles. The van der Waals surface area contributed by atoms with Crippen molar-refractivity contribution in [3.63, 3.8) is 0 Å². The van der Waals surface area contributed by atoms with Crippen molar-refractivity contribution in [3.05, 3.63) is 59.7 Å². The molecule has 0 aliphatic carbocycles. The molecule has 2 aromatic rings. The first-order valence-corrected chi connectivity index (χ1v) is 10.2. The van der Waals surface area contributed by atoms with Gasteiger partial charge in [-0.15, -0.1) is 0 Å². The lowest BCUT2D eigenvalue weighted by molar-refractivity contribution is -0.160. The highest BCUT2D eigenvalue weighted by Gasteiger charge is 2.41. The van der Waals surface area contributed by atoms with Crippen molar-refractivity contribution >= 4 is 17.8 Å². The first kappa shape index (κ1) is 24.6. The number of amides is 2. The van der Waals surface area contributed by atoms with Gasteiger partial charge in [0, 0.05) is 18.5 Å². The summed E-state index contributed by atoms with van der Waals surface area (Å²) in [6.45, 7) is -3.71. The van der Waals surface area contributed by atoms with Crippen LogP contribution in [-0.2, 0) is 19.1 Å². The lowest BCUT2D eigenvalue weighted by Gasteiger charge is -2.22. The Morgan fingerprint density at radius 1 is 1.12 bits per heavy atom. The Morgan fingerprint density at radius 3 is 2.29 bits per heavy atom. The summed E-state index contributed by atoms with van der Waals surface area (Å²) in [5, 5.41) is 11.3. The fraction of sp³-hybridized carbons (Fsp3) is 0.304. The molecule has 11 heteroatoms. The van der Waals surface area contributed by atoms with Gasteiger partial charge < -0.3 is 24.4 Å². The predicted octanol–water partition coefficient (Wildman–Crippen LogP) is 2.46. The number of esters is 1. The summed E-state index contributed by atoms with van der Waals surface area (Å²) >= 11 is 0. The van der Waals surface area contributed by atoms with Crippen molar-refractivity contribution in [2.45, 2.75) is 25.2 Å². The molecule has 0 radical (unpaired) electrons. The van der Waals surface area contributed by atoms with Gasteiger partial charge in [0.15, 0.2) is 0 Å². The molecular formula is C23H21F2N3O6. The van der Waals surface area contributed by atoms with E-state index in [1.807, 2.05) is 6.07 Å². The highest BCUT2D eigenvalue weighted by Crippen LogP contribution is 2.24. The predicted molar refractivity (Wildman–Crippen MR) is 113 cm³/mol. The maximum Gasteiger partial charge on any atom is 0.345 e. The van der Waals surface area contributed by atoms with Crippen molar-refractivity contribution in [2.75, 3.05) is 20.2 Å². The lowest BCUT2D eigenvalue weighted by Crippen LogP contribution is -2.46. The zero-order valence-corrected chi connectivity index (χ0v) is 18.1. The number of nitriles is 1. The van der Waals surface area contributed by atoms with Gasteiger partial charge in [-0.05, 0) is 48.5 Å². The number of methoxy groups -OCH3 is 1. The maximum atomic E-state index is 12.6. The summed E-state index contributed by atoms with van der Waals surface area (Å²) in [6, 6.07) is 13.6. The van der Waals surface area contributed by atoms with E-state index in [-0.39, 0.29) is 18.5 Å². The number of halogens is 2. The Hall–Kier alpha value is -4.04. The third-order valence-corrected chi connectivity index (χ3v) is 5.09. The molecule has 1 saturated heterocycles. The van der Waals surface area contributed by atoms with Crippen molar-refractivity contribution in [2.24, 2.45) is 0 Å². The van der Waals surface area contributed by atoms with Gasteiger partial charge in [0.2, 0.25) is 5.91 Å². The van der Waals surface area contributed by atoms with Crippen LogP contribution < -0.4 is 10.1 Å². The van der Waals surface area contributed by atoms with Crippen LogP contribution in [0.4, 0.5) is 8.78 Å². The number of benzene rings is 2. The largest absolute Gasteiger partial charge is 0.467 e. The Bertz CT molecular complexity index is 1070. The minimum absolute atomic E-state index is 0.128. The van der Waals surface area contributed by atoms with Crippen LogP contribution in [0.15, 0.2) is 48.5 Å². The number of ether oxygens (including phenoxy) is 3. The Morgan fingerprint density at radius 2 is 1.74 bits per heavy atom. The third kappa shape index (κ3) is 6.26. The third-order valence-electron chi connectivity index (χ3n) is 5.09. The van der Waals surface area contributed by atoms with Crippen molar-refractivity contribution in [3.8, 4) is 17.6 Å². The van der Waals surface area contributed by atoms with E-state index in [9.17, 15) is 23.2 Å². The second-order valence-corrected chi connectivity index (χ2v) is 7.28. The Kier molecular flexibility index (Phi) is 8.10. The SMILES string of the molecule is COC(=O)[C@@H]1C[C@@H](OC(F)F)CN1C(=O)CNC(=O)c1ccc(Oc2ccc(C#N)cc2)cc1. The van der Waals surface area contributed by atoms with Crippen LogP contribution in [0.25, 0.3) is 0 Å². The number of likely N-dealkylation sites (tertiary alicyclic amines) is 1. The van der Waals surface area contributed by atoms with E-state index in [2.05, 4.69) is 14.8 Å². The number of alkyl halides is 2. The molecule has 2 aromatic carbocycles. The average Bonchev–Trinajstić information content (AvgIpc) is 3.26. The van der Waals surface area contributed by atoms with Crippen molar-refractivity contribution in [1.82, 2.24) is 10.2 Å². The van der Waals surface area contributed by atoms with Gasteiger partial charge in [0.25, 0.3) is 5.91 Å². The van der Waals surface area contributed by atoms with Gasteiger partial charge in [0.1, 0.15) is 17.5 Å². The Labute approximate surface area is 193 Å². The first-order chi connectivity index (χ1) is 16.3. The minimum Gasteiger partial charge on any atom is -0.467 e. The first-order valence-electron chi connectivity index (χ1n) is 10.2. The molecule has 1 aliphatic rings. The molecule has 1 N–H and O–H groups in total. The molecular weight excluding hydrogens is 452 g/mol. The molecule has 0 aromatic heterocycles. The highest BCUT2D eigenvalue weighted by molar-refractivity contribution is 5.97. The quantitative estimate of drug-likeness (QED) is 0.585. The number of hydrogen-bond acceptors (Lipinski definition) is 7. The van der Waals surface area contributed by atoms with Crippen LogP contribution in [0.1, 0.15) is 22.3 Å². The number of rotatable bonds is 8. The van der Waals surface area contributed by atoms with Gasteiger partial charge in [-0.25, -0.2) is 4.79 Å². The summed E-state index contributed by atoms with van der Waals surface area (Å²) in [5.74, 6) is -0.961. The Balaban J connectivity index is 1.56. The molecule has 0 unspecified atom stereocenters. The van der Waals surface area contributed by atoms with Crippen LogP contribution in [0, 0.1) is 11.3 Å². The minimum atomic E-state index is -3.04. The number of nitrogens with one attached hydrogen (secondary N) is 1. The monoisotopic (exact) mass is 473 g/mol. The number of nitrogens with zero attached hydrogens (tertiary/aromatic N) is 2. The van der Waals surface area contributed by atoms with Gasteiger partial charge >= 0.3 is 12.6 Å². The fourth-order valence-electron chi connectivity index (χ4n) is 3.44. The second-order valence-electron chi connectivity index (χ2n) is 7.28. The normalized spacial score (nSPS) is 17.2. The van der Waals surface area contributed by atoms with E-state index >= 15 is 0 Å². The molecule has 0 saturated carbocycles. The van der Waals surface area contributed by atoms with Crippen LogP contribution in [0.3, 0.4) is 0 Å². The van der Waals surface area contributed by atoms with Gasteiger partial charge in [-0.3, -0.25) is 9.59 Å².